The van der Waals surface area contributed by atoms with Gasteiger partial charge in [-0.2, -0.15) is 14.0 Å². The Morgan fingerprint density at radius 1 is 0.971 bits per heavy atom. The highest BCUT2D eigenvalue weighted by molar-refractivity contribution is 5.34. The van der Waals surface area contributed by atoms with Gasteiger partial charge in [-0.1, -0.05) is 38.7 Å². The predicted octanol–water partition coefficient (Wildman–Crippen LogP) is 8.14. The molecule has 0 N–H and O–H groups in total. The summed E-state index contributed by atoms with van der Waals surface area (Å²) >= 11 is 0. The van der Waals surface area contributed by atoms with Crippen molar-refractivity contribution in [1.29, 1.82) is 5.26 Å². The van der Waals surface area contributed by atoms with Gasteiger partial charge in [-0.05, 0) is 79.3 Å². The van der Waals surface area contributed by atoms with E-state index in [-0.39, 0.29) is 17.9 Å². The van der Waals surface area contributed by atoms with Crippen molar-refractivity contribution >= 4 is 0 Å². The van der Waals surface area contributed by atoms with Crippen LogP contribution in [0.5, 0.6) is 0 Å². The van der Waals surface area contributed by atoms with Crippen molar-refractivity contribution in [3.63, 3.8) is 0 Å². The van der Waals surface area contributed by atoms with E-state index in [1.807, 2.05) is 0 Å². The molecule has 34 heavy (non-hydrogen) atoms. The van der Waals surface area contributed by atoms with Gasteiger partial charge in [-0.3, -0.25) is 0 Å². The monoisotopic (exact) mass is 479 g/mol. The second-order valence-electron chi connectivity index (χ2n) is 9.11. The third kappa shape index (κ3) is 6.56. The van der Waals surface area contributed by atoms with Gasteiger partial charge < -0.3 is 4.74 Å². The SMILES string of the molecule is CCCCCC1CCC(c2cc(F)c(C(F)(F)OCCc3ccc(C#N)c(F)c3)c(F)c2)CC1. The van der Waals surface area contributed by atoms with Crippen LogP contribution in [0.4, 0.5) is 22.0 Å². The Bertz CT molecular complexity index is 986. The van der Waals surface area contributed by atoms with E-state index in [2.05, 4.69) is 11.7 Å². The largest absolute Gasteiger partial charge is 0.389 e. The standard InChI is InChI=1S/C27H30F5NO/c1-2-3-4-5-18-6-9-20(10-7-18)22-15-24(29)26(25(30)16-22)27(31,32)34-13-12-19-8-11-21(17-33)23(28)14-19/h8,11,14-16,18,20H,2-7,9-10,12-13H2,1H3. The van der Waals surface area contributed by atoms with Crippen LogP contribution in [0.1, 0.15) is 86.5 Å². The van der Waals surface area contributed by atoms with Crippen LogP contribution in [0.2, 0.25) is 0 Å². The Morgan fingerprint density at radius 2 is 1.65 bits per heavy atom. The van der Waals surface area contributed by atoms with E-state index >= 15 is 0 Å². The van der Waals surface area contributed by atoms with Crippen molar-refractivity contribution in [2.75, 3.05) is 6.61 Å². The number of unbranched alkanes of at least 4 members (excludes halogenated alkanes) is 2. The minimum atomic E-state index is -4.17. The molecule has 1 aliphatic rings. The number of nitriles is 1. The first kappa shape index (κ1) is 26.2. The van der Waals surface area contributed by atoms with E-state index in [0.29, 0.717) is 17.0 Å². The zero-order valence-corrected chi connectivity index (χ0v) is 19.4. The minimum Gasteiger partial charge on any atom is -0.316 e. The molecule has 0 bridgehead atoms. The second kappa shape index (κ2) is 11.8. The quantitative estimate of drug-likeness (QED) is 0.255. The summed E-state index contributed by atoms with van der Waals surface area (Å²) in [5.74, 6) is -2.83. The maximum Gasteiger partial charge on any atom is 0.389 e. The summed E-state index contributed by atoms with van der Waals surface area (Å²) in [6, 6.07) is 7.38. The van der Waals surface area contributed by atoms with Crippen molar-refractivity contribution in [3.8, 4) is 6.07 Å². The lowest BCUT2D eigenvalue weighted by molar-refractivity contribution is -0.251. The molecular formula is C27H30F5NO. The number of alkyl halides is 2. The Labute approximate surface area is 197 Å². The lowest BCUT2D eigenvalue weighted by Gasteiger charge is -2.29. The van der Waals surface area contributed by atoms with Crippen molar-refractivity contribution < 1.29 is 26.7 Å². The zero-order chi connectivity index (χ0) is 24.7. The fourth-order valence-electron chi connectivity index (χ4n) is 4.75. The summed E-state index contributed by atoms with van der Waals surface area (Å²) < 4.78 is 76.5. The summed E-state index contributed by atoms with van der Waals surface area (Å²) in [5.41, 5.74) is -0.830. The minimum absolute atomic E-state index is 0.0405. The number of ether oxygens (including phenoxy) is 1. The molecule has 2 aromatic carbocycles. The van der Waals surface area contributed by atoms with Gasteiger partial charge in [-0.25, -0.2) is 13.2 Å². The maximum absolute atomic E-state index is 14.7. The lowest BCUT2D eigenvalue weighted by atomic mass is 9.77. The van der Waals surface area contributed by atoms with Gasteiger partial charge in [0, 0.05) is 0 Å². The molecule has 184 valence electrons. The average molecular weight is 480 g/mol. The van der Waals surface area contributed by atoms with E-state index in [0.717, 1.165) is 43.9 Å². The first-order valence-corrected chi connectivity index (χ1v) is 11.9. The first-order valence-electron chi connectivity index (χ1n) is 11.9. The molecule has 0 aromatic heterocycles. The van der Waals surface area contributed by atoms with E-state index in [4.69, 9.17) is 5.26 Å². The van der Waals surface area contributed by atoms with Gasteiger partial charge in [0.15, 0.2) is 0 Å². The van der Waals surface area contributed by atoms with Crippen LogP contribution >= 0.6 is 0 Å². The van der Waals surface area contributed by atoms with E-state index in [1.54, 1.807) is 6.07 Å². The fourth-order valence-corrected chi connectivity index (χ4v) is 4.75. The van der Waals surface area contributed by atoms with Crippen LogP contribution in [0.25, 0.3) is 0 Å². The van der Waals surface area contributed by atoms with Gasteiger partial charge >= 0.3 is 6.11 Å². The van der Waals surface area contributed by atoms with Gasteiger partial charge in [0.2, 0.25) is 0 Å². The molecule has 2 nitrogen and oxygen atoms in total. The van der Waals surface area contributed by atoms with E-state index in [9.17, 15) is 22.0 Å². The van der Waals surface area contributed by atoms with E-state index in [1.165, 1.54) is 37.8 Å². The molecule has 1 aliphatic carbocycles. The van der Waals surface area contributed by atoms with Gasteiger partial charge in [0.1, 0.15) is 29.1 Å². The fraction of sp³-hybridized carbons (Fsp3) is 0.519. The van der Waals surface area contributed by atoms with E-state index < -0.39 is 35.7 Å². The van der Waals surface area contributed by atoms with Crippen LogP contribution in [-0.4, -0.2) is 6.61 Å². The summed E-state index contributed by atoms with van der Waals surface area (Å²) in [5, 5.41) is 8.74. The number of hydrogen-bond donors (Lipinski definition) is 0. The van der Waals surface area contributed by atoms with Crippen molar-refractivity contribution in [2.24, 2.45) is 5.92 Å². The molecule has 0 aliphatic heterocycles. The molecule has 0 saturated heterocycles. The summed E-state index contributed by atoms with van der Waals surface area (Å²) in [4.78, 5) is 0. The lowest BCUT2D eigenvalue weighted by Crippen LogP contribution is -2.24. The molecule has 0 spiro atoms. The Morgan fingerprint density at radius 3 is 2.24 bits per heavy atom. The van der Waals surface area contributed by atoms with Crippen molar-refractivity contribution in [3.05, 3.63) is 70.0 Å². The number of nitrogens with zero attached hydrogens (tertiary/aromatic N) is 1. The molecule has 0 atom stereocenters. The summed E-state index contributed by atoms with van der Waals surface area (Å²) in [6.45, 7) is 1.58. The first-order chi connectivity index (χ1) is 16.2. The Balaban J connectivity index is 1.61. The molecule has 2 aromatic rings. The number of halogens is 5. The molecule has 1 saturated carbocycles. The molecule has 0 heterocycles. The summed E-state index contributed by atoms with van der Waals surface area (Å²) in [6.07, 6.45) is 4.01. The summed E-state index contributed by atoms with van der Waals surface area (Å²) in [7, 11) is 0. The predicted molar refractivity (Wildman–Crippen MR) is 120 cm³/mol. The van der Waals surface area contributed by atoms with Crippen LogP contribution < -0.4 is 0 Å². The van der Waals surface area contributed by atoms with Crippen LogP contribution in [0, 0.1) is 34.7 Å². The molecule has 0 radical (unpaired) electrons. The number of benzene rings is 2. The third-order valence-corrected chi connectivity index (χ3v) is 6.72. The number of rotatable bonds is 10. The second-order valence-corrected chi connectivity index (χ2v) is 9.11. The van der Waals surface area contributed by atoms with Gasteiger partial charge in [0.05, 0.1) is 12.2 Å². The highest BCUT2D eigenvalue weighted by Gasteiger charge is 2.40. The van der Waals surface area contributed by atoms with Crippen LogP contribution in [0.15, 0.2) is 30.3 Å². The smallest absolute Gasteiger partial charge is 0.316 e. The molecule has 1 fully saturated rings. The maximum atomic E-state index is 14.7. The zero-order valence-electron chi connectivity index (χ0n) is 19.4. The molecular weight excluding hydrogens is 449 g/mol. The highest BCUT2D eigenvalue weighted by Crippen LogP contribution is 2.40. The average Bonchev–Trinajstić information content (AvgIpc) is 2.79. The molecule has 0 amide bonds. The molecule has 3 rings (SSSR count). The highest BCUT2D eigenvalue weighted by atomic mass is 19.3. The molecule has 0 unspecified atom stereocenters. The van der Waals surface area contributed by atoms with Crippen LogP contribution in [0.3, 0.4) is 0 Å². The third-order valence-electron chi connectivity index (χ3n) is 6.72. The Kier molecular flexibility index (Phi) is 9.07. The normalized spacial score (nSPS) is 18.6. The van der Waals surface area contributed by atoms with Gasteiger partial charge in [0.25, 0.3) is 0 Å². The van der Waals surface area contributed by atoms with Crippen molar-refractivity contribution in [1.82, 2.24) is 0 Å². The Hall–Kier alpha value is -2.46. The molecule has 7 heteroatoms. The van der Waals surface area contributed by atoms with Crippen molar-refractivity contribution in [2.45, 2.75) is 76.7 Å². The number of hydrogen-bond acceptors (Lipinski definition) is 2. The topological polar surface area (TPSA) is 33.0 Å². The van der Waals surface area contributed by atoms with Crippen LogP contribution in [-0.2, 0) is 17.3 Å². The van der Waals surface area contributed by atoms with Gasteiger partial charge in [-0.15, -0.1) is 0 Å².